The van der Waals surface area contributed by atoms with Gasteiger partial charge in [0, 0.05) is 19.7 Å². The van der Waals surface area contributed by atoms with Crippen molar-refractivity contribution < 1.29 is 17.5 Å². The minimum absolute atomic E-state index is 0.0146. The van der Waals surface area contributed by atoms with Crippen molar-refractivity contribution in [1.29, 1.82) is 0 Å². The van der Waals surface area contributed by atoms with Crippen molar-refractivity contribution >= 4 is 16.0 Å². The zero-order valence-corrected chi connectivity index (χ0v) is 19.1. The molecule has 0 bridgehead atoms. The number of nitrogens with one attached hydrogen (secondary N) is 2. The third-order valence-electron chi connectivity index (χ3n) is 4.65. The summed E-state index contributed by atoms with van der Waals surface area (Å²) >= 11 is 0. The van der Waals surface area contributed by atoms with E-state index in [0.717, 1.165) is 23.3 Å². The average molecular weight is 500 g/mol. The van der Waals surface area contributed by atoms with Crippen LogP contribution in [0.3, 0.4) is 0 Å². The highest BCUT2D eigenvalue weighted by atomic mass is 32.2. The van der Waals surface area contributed by atoms with Gasteiger partial charge < -0.3 is 9.72 Å². The van der Waals surface area contributed by atoms with E-state index in [9.17, 15) is 17.6 Å². The summed E-state index contributed by atoms with van der Waals surface area (Å²) in [4.78, 5) is 26.6. The first kappa shape index (κ1) is 23.5. The molecule has 0 saturated carbocycles. The van der Waals surface area contributed by atoms with Gasteiger partial charge in [0.2, 0.25) is 21.9 Å². The fourth-order valence-electron chi connectivity index (χ4n) is 3.05. The van der Waals surface area contributed by atoms with Crippen LogP contribution in [0.2, 0.25) is 0 Å². The summed E-state index contributed by atoms with van der Waals surface area (Å²) in [6.07, 6.45) is 9.69. The lowest BCUT2D eigenvalue weighted by molar-refractivity contribution is 0.394. The first-order valence-electron chi connectivity index (χ1n) is 9.75. The Morgan fingerprint density at radius 2 is 2.03 bits per heavy atom. The largest absolute Gasteiger partial charge is 0.479 e. The second kappa shape index (κ2) is 9.30. The van der Waals surface area contributed by atoms with Crippen molar-refractivity contribution in [2.45, 2.75) is 11.7 Å². The summed E-state index contributed by atoms with van der Waals surface area (Å²) in [7, 11) is -1.39. The summed E-state index contributed by atoms with van der Waals surface area (Å²) in [5, 5.41) is 10.7. The fraction of sp³-hybridized carbons (Fsp3) is 0.211. The number of halogens is 1. The van der Waals surface area contributed by atoms with Crippen molar-refractivity contribution in [3.05, 3.63) is 53.0 Å². The lowest BCUT2D eigenvalue weighted by atomic mass is 10.3. The molecule has 0 amide bonds. The van der Waals surface area contributed by atoms with E-state index >= 15 is 0 Å². The van der Waals surface area contributed by atoms with Gasteiger partial charge in [0.25, 0.3) is 5.56 Å². The lowest BCUT2D eigenvalue weighted by Gasteiger charge is -2.15. The molecule has 35 heavy (non-hydrogen) atoms. The van der Waals surface area contributed by atoms with Gasteiger partial charge in [-0.1, -0.05) is 5.92 Å². The van der Waals surface area contributed by atoms with E-state index in [2.05, 4.69) is 45.9 Å². The van der Waals surface area contributed by atoms with Crippen LogP contribution in [0.15, 0.2) is 35.8 Å². The molecule has 0 aromatic carbocycles. The van der Waals surface area contributed by atoms with E-state index in [1.807, 2.05) is 0 Å². The minimum atomic E-state index is -4.34. The highest BCUT2D eigenvalue weighted by molar-refractivity contribution is 7.93. The van der Waals surface area contributed by atoms with E-state index in [1.165, 1.54) is 11.8 Å². The van der Waals surface area contributed by atoms with Crippen molar-refractivity contribution in [3.63, 3.8) is 0 Å². The normalized spacial score (nSPS) is 12.2. The number of aromatic nitrogens is 9. The standard InChI is InChI=1S/C19H17FN10O4S/c1-4-12(7-14-21-8-11(20)9-22-14)35(32,33)28-19-26-25-16(13-5-6-29(2)27-13)30(19)15-17(31)23-10-24-18(15)34-3/h1,5-6,8-10,12H,7H2,2-3H3,(H,26,28)(H,23,24,31)/t12-/m1/s1. The molecular formula is C19H17FN10O4S. The molecule has 0 spiro atoms. The number of hydrogen-bond acceptors (Lipinski definition) is 10. The number of hydrogen-bond donors (Lipinski definition) is 2. The summed E-state index contributed by atoms with van der Waals surface area (Å²) in [5.41, 5.74) is -0.580. The zero-order chi connectivity index (χ0) is 25.2. The number of anilines is 1. The summed E-state index contributed by atoms with van der Waals surface area (Å²) in [6, 6.07) is 1.59. The van der Waals surface area contributed by atoms with Crippen LogP contribution in [0.25, 0.3) is 17.2 Å². The summed E-state index contributed by atoms with van der Waals surface area (Å²) < 4.78 is 49.5. The van der Waals surface area contributed by atoms with E-state index in [-0.39, 0.29) is 41.3 Å². The maximum atomic E-state index is 13.2. The van der Waals surface area contributed by atoms with Crippen LogP contribution in [0, 0.1) is 18.2 Å². The molecule has 0 fully saturated rings. The number of aryl methyl sites for hydroxylation is 1. The molecule has 0 unspecified atom stereocenters. The second-order valence-electron chi connectivity index (χ2n) is 6.97. The Labute approximate surface area is 197 Å². The molecule has 0 aliphatic carbocycles. The first-order valence-corrected chi connectivity index (χ1v) is 11.3. The zero-order valence-electron chi connectivity index (χ0n) is 18.2. The van der Waals surface area contributed by atoms with Crippen LogP contribution < -0.4 is 15.0 Å². The van der Waals surface area contributed by atoms with Gasteiger partial charge in [-0.3, -0.25) is 9.48 Å². The topological polar surface area (TPSA) is 175 Å². The number of aromatic amines is 1. The average Bonchev–Trinajstić information content (AvgIpc) is 3.43. The number of nitrogens with zero attached hydrogens (tertiary/aromatic N) is 8. The van der Waals surface area contributed by atoms with Crippen molar-refractivity contribution in [3.8, 4) is 35.4 Å². The molecule has 4 heterocycles. The molecule has 0 aliphatic rings. The quantitative estimate of drug-likeness (QED) is 0.305. The number of sulfonamides is 1. The van der Waals surface area contributed by atoms with Crippen molar-refractivity contribution in [2.75, 3.05) is 11.8 Å². The Morgan fingerprint density at radius 3 is 2.66 bits per heavy atom. The molecule has 2 N–H and O–H groups in total. The Morgan fingerprint density at radius 1 is 1.29 bits per heavy atom. The molecule has 1 atom stereocenters. The van der Waals surface area contributed by atoms with Gasteiger partial charge in [-0.15, -0.1) is 16.6 Å². The van der Waals surface area contributed by atoms with Gasteiger partial charge in [0.15, 0.2) is 17.3 Å². The Hall–Kier alpha value is -4.65. The van der Waals surface area contributed by atoms with E-state index in [1.54, 1.807) is 19.3 Å². The van der Waals surface area contributed by atoms with Gasteiger partial charge in [-0.25, -0.2) is 37.0 Å². The monoisotopic (exact) mass is 500 g/mol. The molecule has 4 aromatic rings. The molecule has 16 heteroatoms. The summed E-state index contributed by atoms with van der Waals surface area (Å²) in [6.45, 7) is 0. The van der Waals surface area contributed by atoms with Crippen molar-refractivity contribution in [1.82, 2.24) is 44.5 Å². The molecule has 14 nitrogen and oxygen atoms in total. The number of rotatable bonds is 8. The predicted octanol–water partition coefficient (Wildman–Crippen LogP) is -0.325. The molecule has 0 aliphatic heterocycles. The molecule has 0 radical (unpaired) electrons. The van der Waals surface area contributed by atoms with E-state index in [0.29, 0.717) is 0 Å². The second-order valence-corrected chi connectivity index (χ2v) is 8.83. The van der Waals surface area contributed by atoms with E-state index < -0.39 is 26.6 Å². The number of ether oxygens (including phenoxy) is 1. The smallest absolute Gasteiger partial charge is 0.279 e. The molecule has 4 aromatic heterocycles. The maximum Gasteiger partial charge on any atom is 0.279 e. The van der Waals surface area contributed by atoms with Gasteiger partial charge in [-0.2, -0.15) is 5.10 Å². The van der Waals surface area contributed by atoms with Crippen LogP contribution in [0.1, 0.15) is 5.82 Å². The van der Waals surface area contributed by atoms with Crippen molar-refractivity contribution in [2.24, 2.45) is 7.05 Å². The molecule has 4 rings (SSSR count). The predicted molar refractivity (Wildman–Crippen MR) is 119 cm³/mol. The third kappa shape index (κ3) is 4.70. The van der Waals surface area contributed by atoms with Crippen LogP contribution in [0.5, 0.6) is 5.88 Å². The van der Waals surface area contributed by atoms with E-state index in [4.69, 9.17) is 11.2 Å². The molecular weight excluding hydrogens is 483 g/mol. The van der Waals surface area contributed by atoms with Crippen LogP contribution in [-0.2, 0) is 23.5 Å². The van der Waals surface area contributed by atoms with Gasteiger partial charge in [0.1, 0.15) is 16.8 Å². The number of H-pyrrole nitrogens is 1. The molecule has 0 saturated heterocycles. The number of methoxy groups -OCH3 is 1. The maximum absolute atomic E-state index is 13.2. The molecule has 180 valence electrons. The Bertz CT molecular complexity index is 1570. The Balaban J connectivity index is 1.80. The van der Waals surface area contributed by atoms with Gasteiger partial charge in [0.05, 0.1) is 25.8 Å². The SMILES string of the molecule is C#C[C@H](Cc1ncc(F)cn1)S(=O)(=O)Nc1nnc(-c2ccn(C)n2)n1-c1c(OC)nc[nH]c1=O. The number of terminal acetylenes is 1. The van der Waals surface area contributed by atoms with Crippen LogP contribution in [0.4, 0.5) is 10.3 Å². The van der Waals surface area contributed by atoms with Gasteiger partial charge >= 0.3 is 0 Å². The van der Waals surface area contributed by atoms with Crippen LogP contribution >= 0.6 is 0 Å². The highest BCUT2D eigenvalue weighted by Crippen LogP contribution is 2.27. The lowest BCUT2D eigenvalue weighted by Crippen LogP contribution is -2.31. The fourth-order valence-corrected chi connectivity index (χ4v) is 4.13. The Kier molecular flexibility index (Phi) is 6.25. The summed E-state index contributed by atoms with van der Waals surface area (Å²) in [5.74, 6) is 1.02. The third-order valence-corrected chi connectivity index (χ3v) is 6.17. The first-order chi connectivity index (χ1) is 16.7. The van der Waals surface area contributed by atoms with Gasteiger partial charge in [-0.05, 0) is 6.07 Å². The minimum Gasteiger partial charge on any atom is -0.479 e. The van der Waals surface area contributed by atoms with Crippen LogP contribution in [-0.4, -0.2) is 65.3 Å². The highest BCUT2D eigenvalue weighted by Gasteiger charge is 2.30.